The highest BCUT2D eigenvalue weighted by Crippen LogP contribution is 2.13. The molecule has 122 valence electrons. The predicted octanol–water partition coefficient (Wildman–Crippen LogP) is 3.95. The summed E-state index contributed by atoms with van der Waals surface area (Å²) in [6, 6.07) is 8.21. The van der Waals surface area contributed by atoms with Crippen LogP contribution in [0.25, 0.3) is 0 Å². The van der Waals surface area contributed by atoms with Gasteiger partial charge in [0, 0.05) is 25.2 Å². The number of unbranched alkanes of at least 4 members (excludes halogenated alkanes) is 3. The van der Waals surface area contributed by atoms with Gasteiger partial charge in [0.1, 0.15) is 0 Å². The van der Waals surface area contributed by atoms with Gasteiger partial charge in [0.2, 0.25) is 5.91 Å². The zero-order valence-electron chi connectivity index (χ0n) is 14.1. The van der Waals surface area contributed by atoms with E-state index in [9.17, 15) is 4.79 Å². The summed E-state index contributed by atoms with van der Waals surface area (Å²) in [5.74, 6) is -0.00730. The molecule has 0 fully saturated rings. The molecule has 0 saturated carbocycles. The van der Waals surface area contributed by atoms with E-state index >= 15 is 0 Å². The number of nitrogens with one attached hydrogen (secondary N) is 1. The number of hydrogen-bond acceptors (Lipinski definition) is 3. The average molecular weight is 303 g/mol. The van der Waals surface area contributed by atoms with Crippen molar-refractivity contribution in [2.45, 2.75) is 52.9 Å². The van der Waals surface area contributed by atoms with Crippen LogP contribution in [0.1, 0.15) is 58.4 Å². The van der Waals surface area contributed by atoms with Gasteiger partial charge in [-0.25, -0.2) is 5.43 Å². The fraction of sp³-hybridized carbons (Fsp3) is 0.556. The minimum atomic E-state index is -0.00730. The smallest absolute Gasteiger partial charge is 0.240 e. The van der Waals surface area contributed by atoms with Gasteiger partial charge >= 0.3 is 0 Å². The van der Waals surface area contributed by atoms with Crippen LogP contribution in [0.2, 0.25) is 0 Å². The first-order valence-corrected chi connectivity index (χ1v) is 8.38. The Morgan fingerprint density at radius 2 is 1.77 bits per heavy atom. The van der Waals surface area contributed by atoms with E-state index in [2.05, 4.69) is 48.3 Å². The summed E-state index contributed by atoms with van der Waals surface area (Å²) < 4.78 is 0. The van der Waals surface area contributed by atoms with Crippen LogP contribution in [0, 0.1) is 0 Å². The van der Waals surface area contributed by atoms with Crippen molar-refractivity contribution in [1.82, 2.24) is 5.43 Å². The van der Waals surface area contributed by atoms with Gasteiger partial charge < -0.3 is 4.90 Å². The number of anilines is 1. The lowest BCUT2D eigenvalue weighted by Gasteiger charge is -2.20. The van der Waals surface area contributed by atoms with Crippen molar-refractivity contribution < 1.29 is 4.79 Å². The van der Waals surface area contributed by atoms with Crippen molar-refractivity contribution in [3.8, 4) is 0 Å². The molecule has 1 rings (SSSR count). The summed E-state index contributed by atoms with van der Waals surface area (Å²) in [4.78, 5) is 13.9. The highest BCUT2D eigenvalue weighted by molar-refractivity contribution is 5.82. The SMILES string of the molecule is CCCCCCC(=O)N/N=C/c1ccc(N(CC)CC)cc1. The van der Waals surface area contributed by atoms with Crippen molar-refractivity contribution in [1.29, 1.82) is 0 Å². The van der Waals surface area contributed by atoms with E-state index in [0.717, 1.165) is 31.5 Å². The van der Waals surface area contributed by atoms with Crippen LogP contribution in [0.4, 0.5) is 5.69 Å². The topological polar surface area (TPSA) is 44.7 Å². The Bertz CT molecular complexity index is 450. The van der Waals surface area contributed by atoms with Gasteiger partial charge in [0.25, 0.3) is 0 Å². The molecule has 0 radical (unpaired) electrons. The highest BCUT2D eigenvalue weighted by Gasteiger charge is 2.01. The number of nitrogens with zero attached hydrogens (tertiary/aromatic N) is 2. The zero-order valence-corrected chi connectivity index (χ0v) is 14.1. The molecule has 0 aliphatic heterocycles. The second-order valence-electron chi connectivity index (χ2n) is 5.37. The van der Waals surface area contributed by atoms with Crippen LogP contribution < -0.4 is 10.3 Å². The second kappa shape index (κ2) is 10.8. The maximum absolute atomic E-state index is 11.6. The number of carbonyl (C=O) groups excluding carboxylic acids is 1. The zero-order chi connectivity index (χ0) is 16.2. The molecule has 0 aliphatic rings. The number of amides is 1. The average Bonchev–Trinajstić information content (AvgIpc) is 2.54. The number of carbonyl (C=O) groups is 1. The van der Waals surface area contributed by atoms with Gasteiger partial charge in [-0.1, -0.05) is 38.3 Å². The molecule has 22 heavy (non-hydrogen) atoms. The number of benzene rings is 1. The molecule has 0 unspecified atom stereocenters. The summed E-state index contributed by atoms with van der Waals surface area (Å²) in [6.07, 6.45) is 6.67. The monoisotopic (exact) mass is 303 g/mol. The molecular formula is C18H29N3O. The summed E-state index contributed by atoms with van der Waals surface area (Å²) in [5, 5.41) is 4.02. The third kappa shape index (κ3) is 6.74. The molecule has 0 saturated heterocycles. The van der Waals surface area contributed by atoms with E-state index in [1.165, 1.54) is 18.5 Å². The number of hydrogen-bond donors (Lipinski definition) is 1. The lowest BCUT2D eigenvalue weighted by atomic mass is 10.1. The first-order chi connectivity index (χ1) is 10.7. The van der Waals surface area contributed by atoms with E-state index in [-0.39, 0.29) is 5.91 Å². The van der Waals surface area contributed by atoms with Gasteiger partial charge in [-0.2, -0.15) is 5.10 Å². The first kappa shape index (κ1) is 18.2. The van der Waals surface area contributed by atoms with Gasteiger partial charge in [-0.3, -0.25) is 4.79 Å². The molecule has 4 heteroatoms. The lowest BCUT2D eigenvalue weighted by Crippen LogP contribution is -2.21. The van der Waals surface area contributed by atoms with E-state index < -0.39 is 0 Å². The van der Waals surface area contributed by atoms with Crippen molar-refractivity contribution in [2.75, 3.05) is 18.0 Å². The Morgan fingerprint density at radius 3 is 2.36 bits per heavy atom. The Hall–Kier alpha value is -1.84. The lowest BCUT2D eigenvalue weighted by molar-refractivity contribution is -0.121. The maximum Gasteiger partial charge on any atom is 0.240 e. The standard InChI is InChI=1S/C18H29N3O/c1-4-7-8-9-10-18(22)20-19-15-16-11-13-17(14-12-16)21(5-2)6-3/h11-15H,4-10H2,1-3H3,(H,20,22)/b19-15+. The van der Waals surface area contributed by atoms with Gasteiger partial charge in [0.05, 0.1) is 6.21 Å². The third-order valence-corrected chi connectivity index (χ3v) is 3.68. The van der Waals surface area contributed by atoms with E-state index in [0.29, 0.717) is 6.42 Å². The molecular weight excluding hydrogens is 274 g/mol. The minimum Gasteiger partial charge on any atom is -0.372 e. The van der Waals surface area contributed by atoms with Crippen LogP contribution in [-0.4, -0.2) is 25.2 Å². The van der Waals surface area contributed by atoms with Crippen molar-refractivity contribution in [2.24, 2.45) is 5.10 Å². The van der Waals surface area contributed by atoms with Crippen LogP contribution in [0.3, 0.4) is 0 Å². The van der Waals surface area contributed by atoms with E-state index in [1.54, 1.807) is 6.21 Å². The quantitative estimate of drug-likeness (QED) is 0.404. The van der Waals surface area contributed by atoms with E-state index in [4.69, 9.17) is 0 Å². The van der Waals surface area contributed by atoms with Crippen LogP contribution in [0.15, 0.2) is 29.4 Å². The summed E-state index contributed by atoms with van der Waals surface area (Å²) >= 11 is 0. The maximum atomic E-state index is 11.6. The van der Waals surface area contributed by atoms with Crippen LogP contribution >= 0.6 is 0 Å². The summed E-state index contributed by atoms with van der Waals surface area (Å²) in [6.45, 7) is 8.45. The molecule has 0 spiro atoms. The minimum absolute atomic E-state index is 0.00730. The molecule has 1 N–H and O–H groups in total. The fourth-order valence-electron chi connectivity index (χ4n) is 2.31. The molecule has 0 bridgehead atoms. The predicted molar refractivity (Wildman–Crippen MR) is 94.5 cm³/mol. The summed E-state index contributed by atoms with van der Waals surface area (Å²) in [5.41, 5.74) is 4.79. The Labute approximate surface area is 134 Å². The molecule has 1 aromatic rings. The summed E-state index contributed by atoms with van der Waals surface area (Å²) in [7, 11) is 0. The van der Waals surface area contributed by atoms with Gasteiger partial charge in [-0.15, -0.1) is 0 Å². The van der Waals surface area contributed by atoms with Crippen molar-refractivity contribution >= 4 is 17.8 Å². The Kier molecular flexibility index (Phi) is 8.96. The molecule has 0 heterocycles. The normalized spacial score (nSPS) is 10.9. The van der Waals surface area contributed by atoms with Crippen LogP contribution in [-0.2, 0) is 4.79 Å². The fourth-order valence-corrected chi connectivity index (χ4v) is 2.31. The number of rotatable bonds is 10. The van der Waals surface area contributed by atoms with Crippen molar-refractivity contribution in [3.05, 3.63) is 29.8 Å². The Balaban J connectivity index is 2.38. The van der Waals surface area contributed by atoms with Gasteiger partial charge in [0.15, 0.2) is 0 Å². The molecule has 4 nitrogen and oxygen atoms in total. The van der Waals surface area contributed by atoms with Gasteiger partial charge in [-0.05, 0) is 38.0 Å². The molecule has 0 atom stereocenters. The molecule has 0 aromatic heterocycles. The molecule has 1 amide bonds. The van der Waals surface area contributed by atoms with Crippen molar-refractivity contribution in [3.63, 3.8) is 0 Å². The Morgan fingerprint density at radius 1 is 1.09 bits per heavy atom. The van der Waals surface area contributed by atoms with Crippen LogP contribution in [0.5, 0.6) is 0 Å². The molecule has 0 aliphatic carbocycles. The molecule has 1 aromatic carbocycles. The van der Waals surface area contributed by atoms with E-state index in [1.807, 2.05) is 12.1 Å². The second-order valence-corrected chi connectivity index (χ2v) is 5.37. The highest BCUT2D eigenvalue weighted by atomic mass is 16.2. The largest absolute Gasteiger partial charge is 0.372 e. The number of hydrazone groups is 1. The first-order valence-electron chi connectivity index (χ1n) is 8.38. The third-order valence-electron chi connectivity index (χ3n) is 3.68.